The largest absolute Gasteiger partial charge is 0.481 e. The Morgan fingerprint density at radius 2 is 1.80 bits per heavy atom. The standard InChI is InChI=1S/C19H20ClFN2O2/c1-14(25-16-7-8-18(21)17(20)13-16)19(24)23-11-9-22(10-12-23)15-5-3-2-4-6-15/h2-8,13-14H,9-12H2,1H3. The lowest BCUT2D eigenvalue weighted by molar-refractivity contribution is -0.138. The molecule has 1 unspecified atom stereocenters. The summed E-state index contributed by atoms with van der Waals surface area (Å²) in [5.41, 5.74) is 1.17. The minimum Gasteiger partial charge on any atom is -0.481 e. The Bertz CT molecular complexity index is 733. The maximum absolute atomic E-state index is 13.2. The predicted octanol–water partition coefficient (Wildman–Crippen LogP) is 3.60. The number of amides is 1. The molecule has 1 heterocycles. The first kappa shape index (κ1) is 17.5. The van der Waals surface area contributed by atoms with Crippen molar-refractivity contribution >= 4 is 23.2 Å². The summed E-state index contributed by atoms with van der Waals surface area (Å²) in [7, 11) is 0. The number of anilines is 1. The zero-order chi connectivity index (χ0) is 17.8. The third kappa shape index (κ3) is 4.23. The molecule has 1 fully saturated rings. The number of halogens is 2. The summed E-state index contributed by atoms with van der Waals surface area (Å²) in [4.78, 5) is 16.6. The minimum atomic E-state index is -0.648. The molecule has 2 aromatic carbocycles. The lowest BCUT2D eigenvalue weighted by Crippen LogP contribution is -2.52. The Morgan fingerprint density at radius 3 is 2.44 bits per heavy atom. The van der Waals surface area contributed by atoms with Crippen LogP contribution in [0, 0.1) is 5.82 Å². The molecule has 1 saturated heterocycles. The van der Waals surface area contributed by atoms with E-state index in [1.54, 1.807) is 11.8 Å². The van der Waals surface area contributed by atoms with Crippen LogP contribution >= 0.6 is 11.6 Å². The zero-order valence-electron chi connectivity index (χ0n) is 14.0. The summed E-state index contributed by atoms with van der Waals surface area (Å²) in [6.45, 7) is 4.55. The Morgan fingerprint density at radius 1 is 1.12 bits per heavy atom. The van der Waals surface area contributed by atoms with Crippen molar-refractivity contribution in [2.75, 3.05) is 31.1 Å². The molecule has 0 spiro atoms. The topological polar surface area (TPSA) is 32.8 Å². The number of nitrogens with zero attached hydrogens (tertiary/aromatic N) is 2. The summed E-state index contributed by atoms with van der Waals surface area (Å²) in [6, 6.07) is 14.2. The van der Waals surface area contributed by atoms with Crippen LogP contribution in [0.1, 0.15) is 6.92 Å². The molecular weight excluding hydrogens is 343 g/mol. The molecule has 0 aromatic heterocycles. The first-order valence-corrected chi connectivity index (χ1v) is 8.63. The number of hydrogen-bond donors (Lipinski definition) is 0. The van der Waals surface area contributed by atoms with Gasteiger partial charge in [-0.15, -0.1) is 0 Å². The summed E-state index contributed by atoms with van der Waals surface area (Å²) in [5.74, 6) is -0.201. The minimum absolute atomic E-state index is 0.0198. The third-order valence-corrected chi connectivity index (χ3v) is 4.55. The number of benzene rings is 2. The van der Waals surface area contributed by atoms with E-state index >= 15 is 0 Å². The third-order valence-electron chi connectivity index (χ3n) is 4.26. The SMILES string of the molecule is CC(Oc1ccc(F)c(Cl)c1)C(=O)N1CCN(c2ccccc2)CC1. The average molecular weight is 363 g/mol. The second kappa shape index (κ2) is 7.74. The van der Waals surface area contributed by atoms with Gasteiger partial charge in [0.1, 0.15) is 11.6 Å². The Balaban J connectivity index is 1.55. The van der Waals surface area contributed by atoms with Crippen LogP contribution in [0.15, 0.2) is 48.5 Å². The smallest absolute Gasteiger partial charge is 0.263 e. The lowest BCUT2D eigenvalue weighted by atomic mass is 10.2. The van der Waals surface area contributed by atoms with E-state index in [1.807, 2.05) is 18.2 Å². The average Bonchev–Trinajstić information content (AvgIpc) is 2.65. The van der Waals surface area contributed by atoms with Crippen molar-refractivity contribution in [1.82, 2.24) is 4.90 Å². The van der Waals surface area contributed by atoms with Gasteiger partial charge >= 0.3 is 0 Å². The van der Waals surface area contributed by atoms with Crippen LogP contribution in [0.3, 0.4) is 0 Å². The van der Waals surface area contributed by atoms with Gasteiger partial charge in [0.05, 0.1) is 5.02 Å². The normalized spacial score (nSPS) is 15.8. The molecule has 0 saturated carbocycles. The predicted molar refractivity (Wildman–Crippen MR) is 96.7 cm³/mol. The van der Waals surface area contributed by atoms with Crippen LogP contribution in [0.2, 0.25) is 5.02 Å². The van der Waals surface area contributed by atoms with Crippen molar-refractivity contribution < 1.29 is 13.9 Å². The fraction of sp³-hybridized carbons (Fsp3) is 0.316. The van der Waals surface area contributed by atoms with Gasteiger partial charge in [0.15, 0.2) is 6.10 Å². The van der Waals surface area contributed by atoms with Gasteiger partial charge in [0.25, 0.3) is 5.91 Å². The highest BCUT2D eigenvalue weighted by atomic mass is 35.5. The van der Waals surface area contributed by atoms with Crippen molar-refractivity contribution in [3.8, 4) is 5.75 Å². The highest BCUT2D eigenvalue weighted by Gasteiger charge is 2.26. The molecule has 1 atom stereocenters. The Hall–Kier alpha value is -2.27. The number of ether oxygens (including phenoxy) is 1. The van der Waals surface area contributed by atoms with Gasteiger partial charge in [-0.1, -0.05) is 29.8 Å². The molecule has 4 nitrogen and oxygen atoms in total. The molecular formula is C19H20ClFN2O2. The van der Waals surface area contributed by atoms with Crippen molar-refractivity contribution in [2.45, 2.75) is 13.0 Å². The van der Waals surface area contributed by atoms with Crippen LogP contribution in [0.25, 0.3) is 0 Å². The second-order valence-electron chi connectivity index (χ2n) is 5.98. The molecule has 25 heavy (non-hydrogen) atoms. The van der Waals surface area contributed by atoms with Crippen molar-refractivity contribution in [3.63, 3.8) is 0 Å². The Kier molecular flexibility index (Phi) is 5.43. The second-order valence-corrected chi connectivity index (χ2v) is 6.39. The summed E-state index contributed by atoms with van der Waals surface area (Å²) >= 11 is 5.74. The number of carbonyl (C=O) groups excluding carboxylic acids is 1. The van der Waals surface area contributed by atoms with E-state index in [0.717, 1.165) is 13.1 Å². The summed E-state index contributed by atoms with van der Waals surface area (Å²) in [6.07, 6.45) is -0.648. The first-order valence-electron chi connectivity index (χ1n) is 8.25. The number of rotatable bonds is 4. The lowest BCUT2D eigenvalue weighted by Gasteiger charge is -2.37. The fourth-order valence-electron chi connectivity index (χ4n) is 2.89. The fourth-order valence-corrected chi connectivity index (χ4v) is 3.06. The molecule has 2 aromatic rings. The van der Waals surface area contributed by atoms with E-state index in [1.165, 1.54) is 23.9 Å². The van der Waals surface area contributed by atoms with E-state index in [4.69, 9.17) is 16.3 Å². The molecule has 3 rings (SSSR count). The van der Waals surface area contributed by atoms with Gasteiger partial charge in [-0.05, 0) is 31.2 Å². The van der Waals surface area contributed by atoms with Gasteiger partial charge in [-0.25, -0.2) is 4.39 Å². The first-order chi connectivity index (χ1) is 12.0. The molecule has 6 heteroatoms. The Labute approximate surface area is 151 Å². The summed E-state index contributed by atoms with van der Waals surface area (Å²) in [5, 5.41) is -0.0198. The van der Waals surface area contributed by atoms with Gasteiger partial charge in [-0.3, -0.25) is 4.79 Å². The molecule has 132 valence electrons. The number of para-hydroxylation sites is 1. The van der Waals surface area contributed by atoms with Crippen molar-refractivity contribution in [3.05, 3.63) is 59.4 Å². The van der Waals surface area contributed by atoms with Crippen molar-refractivity contribution in [2.24, 2.45) is 0 Å². The van der Waals surface area contributed by atoms with Crippen molar-refractivity contribution in [1.29, 1.82) is 0 Å². The monoisotopic (exact) mass is 362 g/mol. The van der Waals surface area contributed by atoms with Crippen LogP contribution in [-0.4, -0.2) is 43.1 Å². The van der Waals surface area contributed by atoms with E-state index in [2.05, 4.69) is 17.0 Å². The van der Waals surface area contributed by atoms with Crippen LogP contribution < -0.4 is 9.64 Å². The van der Waals surface area contributed by atoms with Crippen LogP contribution in [0.5, 0.6) is 5.75 Å². The number of carbonyl (C=O) groups is 1. The highest BCUT2D eigenvalue weighted by Crippen LogP contribution is 2.22. The molecule has 1 aliphatic rings. The summed E-state index contributed by atoms with van der Waals surface area (Å²) < 4.78 is 18.8. The van der Waals surface area contributed by atoms with E-state index in [-0.39, 0.29) is 10.9 Å². The molecule has 0 aliphatic carbocycles. The number of piperazine rings is 1. The molecule has 1 amide bonds. The molecule has 0 N–H and O–H groups in total. The van der Waals surface area contributed by atoms with E-state index in [9.17, 15) is 9.18 Å². The quantitative estimate of drug-likeness (QED) is 0.833. The van der Waals surface area contributed by atoms with Crippen LogP contribution in [0.4, 0.5) is 10.1 Å². The maximum Gasteiger partial charge on any atom is 0.263 e. The zero-order valence-corrected chi connectivity index (χ0v) is 14.7. The van der Waals surface area contributed by atoms with Gasteiger partial charge in [-0.2, -0.15) is 0 Å². The van der Waals surface area contributed by atoms with Gasteiger partial charge < -0.3 is 14.5 Å². The number of hydrogen-bond acceptors (Lipinski definition) is 3. The van der Waals surface area contributed by atoms with Gasteiger partial charge in [0, 0.05) is 37.9 Å². The van der Waals surface area contributed by atoms with E-state index in [0.29, 0.717) is 18.8 Å². The molecule has 0 bridgehead atoms. The maximum atomic E-state index is 13.2. The van der Waals surface area contributed by atoms with Gasteiger partial charge in [0.2, 0.25) is 0 Å². The van der Waals surface area contributed by atoms with Crippen LogP contribution in [-0.2, 0) is 4.79 Å². The highest BCUT2D eigenvalue weighted by molar-refractivity contribution is 6.30. The molecule has 1 aliphatic heterocycles. The van der Waals surface area contributed by atoms with E-state index < -0.39 is 11.9 Å². The molecule has 0 radical (unpaired) electrons.